The fourth-order valence-electron chi connectivity index (χ4n) is 3.98. The van der Waals surface area contributed by atoms with E-state index in [1.54, 1.807) is 0 Å². The maximum atomic E-state index is 5.85. The molecular formula is C17H25N3O. The number of nitrogens with zero attached hydrogens (tertiary/aromatic N) is 2. The summed E-state index contributed by atoms with van der Waals surface area (Å²) in [6.07, 6.45) is 9.22. The number of methoxy groups -OCH3 is 1. The van der Waals surface area contributed by atoms with Gasteiger partial charge in [-0.15, -0.1) is 0 Å². The van der Waals surface area contributed by atoms with Crippen molar-refractivity contribution in [1.29, 1.82) is 0 Å². The monoisotopic (exact) mass is 287 g/mol. The molecule has 0 radical (unpaired) electrons. The van der Waals surface area contributed by atoms with Crippen LogP contribution in [0.3, 0.4) is 0 Å². The van der Waals surface area contributed by atoms with E-state index in [-0.39, 0.29) is 6.10 Å². The van der Waals surface area contributed by atoms with Gasteiger partial charge in [0.05, 0.1) is 11.4 Å². The van der Waals surface area contributed by atoms with Gasteiger partial charge in [0.25, 0.3) is 0 Å². The van der Waals surface area contributed by atoms with Gasteiger partial charge >= 0.3 is 0 Å². The lowest BCUT2D eigenvalue weighted by atomic mass is 9.84. The lowest BCUT2D eigenvalue weighted by Gasteiger charge is -2.28. The van der Waals surface area contributed by atoms with Crippen molar-refractivity contribution >= 4 is 0 Å². The Morgan fingerprint density at radius 3 is 2.57 bits per heavy atom. The van der Waals surface area contributed by atoms with E-state index in [1.807, 2.05) is 7.11 Å². The topological polar surface area (TPSA) is 47.0 Å². The van der Waals surface area contributed by atoms with Gasteiger partial charge in [-0.1, -0.05) is 19.3 Å². The number of hydrogen-bond acceptors (Lipinski definition) is 4. The zero-order valence-corrected chi connectivity index (χ0v) is 12.9. The van der Waals surface area contributed by atoms with Gasteiger partial charge in [-0.2, -0.15) is 0 Å². The van der Waals surface area contributed by atoms with Crippen LogP contribution in [-0.4, -0.2) is 17.1 Å². The first-order valence-electron chi connectivity index (χ1n) is 8.50. The molecule has 2 fully saturated rings. The van der Waals surface area contributed by atoms with Crippen molar-refractivity contribution in [3.63, 3.8) is 0 Å². The molecule has 0 spiro atoms. The molecule has 4 rings (SSSR count). The van der Waals surface area contributed by atoms with Gasteiger partial charge < -0.3 is 10.1 Å². The molecular weight excluding hydrogens is 262 g/mol. The van der Waals surface area contributed by atoms with Crippen LogP contribution >= 0.6 is 0 Å². The minimum Gasteiger partial charge on any atom is -0.373 e. The first kappa shape index (κ1) is 13.6. The quantitative estimate of drug-likeness (QED) is 0.923. The molecule has 4 nitrogen and oxygen atoms in total. The van der Waals surface area contributed by atoms with Crippen LogP contribution in [0.25, 0.3) is 0 Å². The SMILES string of the molecule is COC(c1nc2c(c(C3CC3)n1)CNC2)C1CCCCC1. The first-order valence-corrected chi connectivity index (χ1v) is 8.50. The van der Waals surface area contributed by atoms with Gasteiger partial charge in [0.2, 0.25) is 0 Å². The number of nitrogens with one attached hydrogen (secondary N) is 1. The Bertz CT molecular complexity index is 521. The Hall–Kier alpha value is -1.00. The number of aromatic nitrogens is 2. The fraction of sp³-hybridized carbons (Fsp3) is 0.765. The van der Waals surface area contributed by atoms with E-state index in [2.05, 4.69) is 5.32 Å². The molecule has 0 amide bonds. The summed E-state index contributed by atoms with van der Waals surface area (Å²) < 4.78 is 5.85. The summed E-state index contributed by atoms with van der Waals surface area (Å²) >= 11 is 0. The van der Waals surface area contributed by atoms with Gasteiger partial charge in [0.15, 0.2) is 5.82 Å². The Kier molecular flexibility index (Phi) is 3.67. The van der Waals surface area contributed by atoms with Crippen molar-refractivity contribution in [2.24, 2.45) is 5.92 Å². The van der Waals surface area contributed by atoms with E-state index in [1.165, 1.54) is 61.9 Å². The Labute approximate surface area is 126 Å². The van der Waals surface area contributed by atoms with Crippen molar-refractivity contribution in [2.75, 3.05) is 7.11 Å². The minimum atomic E-state index is 0.0914. The molecule has 1 atom stereocenters. The molecule has 114 valence electrons. The summed E-state index contributed by atoms with van der Waals surface area (Å²) in [7, 11) is 1.82. The van der Waals surface area contributed by atoms with Gasteiger partial charge in [0.1, 0.15) is 6.10 Å². The highest BCUT2D eigenvalue weighted by Crippen LogP contribution is 2.43. The van der Waals surface area contributed by atoms with Gasteiger partial charge in [-0.3, -0.25) is 0 Å². The molecule has 1 N–H and O–H groups in total. The number of hydrogen-bond donors (Lipinski definition) is 1. The molecule has 2 heterocycles. The highest BCUT2D eigenvalue weighted by molar-refractivity contribution is 5.34. The Balaban J connectivity index is 1.68. The molecule has 1 unspecified atom stereocenters. The lowest BCUT2D eigenvalue weighted by Crippen LogP contribution is -2.21. The summed E-state index contributed by atoms with van der Waals surface area (Å²) in [5.41, 5.74) is 3.91. The van der Waals surface area contributed by atoms with E-state index in [9.17, 15) is 0 Å². The van der Waals surface area contributed by atoms with Crippen LogP contribution in [0.15, 0.2) is 0 Å². The van der Waals surface area contributed by atoms with Crippen molar-refractivity contribution in [3.8, 4) is 0 Å². The molecule has 1 aromatic heterocycles. The number of ether oxygens (including phenoxy) is 1. The molecule has 21 heavy (non-hydrogen) atoms. The third-order valence-electron chi connectivity index (χ3n) is 5.29. The summed E-state index contributed by atoms with van der Waals surface area (Å²) in [6.45, 7) is 1.84. The molecule has 0 saturated heterocycles. The van der Waals surface area contributed by atoms with Crippen LogP contribution in [0.4, 0.5) is 0 Å². The average Bonchev–Trinajstić information content (AvgIpc) is 3.26. The second-order valence-electron chi connectivity index (χ2n) is 6.82. The van der Waals surface area contributed by atoms with Gasteiger partial charge in [0, 0.05) is 31.7 Å². The average molecular weight is 287 g/mol. The predicted molar refractivity (Wildman–Crippen MR) is 80.9 cm³/mol. The van der Waals surface area contributed by atoms with Gasteiger partial charge in [-0.05, 0) is 31.6 Å². The van der Waals surface area contributed by atoms with Crippen LogP contribution in [0.5, 0.6) is 0 Å². The molecule has 1 aliphatic heterocycles. The standard InChI is InChI=1S/C17H25N3O/c1-21-16(12-5-3-2-4-6-12)17-19-14-10-18-9-13(14)15(20-17)11-7-8-11/h11-12,16,18H,2-10H2,1H3. The highest BCUT2D eigenvalue weighted by atomic mass is 16.5. The second kappa shape index (κ2) is 5.65. The van der Waals surface area contributed by atoms with Crippen LogP contribution in [0.2, 0.25) is 0 Å². The zero-order chi connectivity index (χ0) is 14.2. The highest BCUT2D eigenvalue weighted by Gasteiger charge is 2.34. The number of fused-ring (bicyclic) bond motifs is 1. The van der Waals surface area contributed by atoms with Crippen LogP contribution < -0.4 is 5.32 Å². The van der Waals surface area contributed by atoms with E-state index in [0.717, 1.165) is 18.9 Å². The molecule has 2 aliphatic carbocycles. The summed E-state index contributed by atoms with van der Waals surface area (Å²) in [6, 6.07) is 0. The Morgan fingerprint density at radius 1 is 1.05 bits per heavy atom. The normalized spacial score (nSPS) is 24.0. The van der Waals surface area contributed by atoms with E-state index in [4.69, 9.17) is 14.7 Å². The lowest BCUT2D eigenvalue weighted by molar-refractivity contribution is 0.0286. The molecule has 0 aromatic carbocycles. The molecule has 3 aliphatic rings. The van der Waals surface area contributed by atoms with Crippen LogP contribution in [-0.2, 0) is 17.8 Å². The zero-order valence-electron chi connectivity index (χ0n) is 12.9. The maximum absolute atomic E-state index is 5.85. The van der Waals surface area contributed by atoms with E-state index in [0.29, 0.717) is 11.8 Å². The van der Waals surface area contributed by atoms with E-state index >= 15 is 0 Å². The molecule has 2 saturated carbocycles. The van der Waals surface area contributed by atoms with Crippen molar-refractivity contribution < 1.29 is 4.74 Å². The Morgan fingerprint density at radius 2 is 1.86 bits per heavy atom. The van der Waals surface area contributed by atoms with Gasteiger partial charge in [-0.25, -0.2) is 9.97 Å². The smallest absolute Gasteiger partial charge is 0.157 e. The van der Waals surface area contributed by atoms with Crippen molar-refractivity contribution in [1.82, 2.24) is 15.3 Å². The minimum absolute atomic E-state index is 0.0914. The summed E-state index contributed by atoms with van der Waals surface area (Å²) in [5, 5.41) is 3.43. The molecule has 0 bridgehead atoms. The third kappa shape index (κ3) is 2.59. The first-order chi connectivity index (χ1) is 10.4. The molecule has 1 aromatic rings. The third-order valence-corrected chi connectivity index (χ3v) is 5.29. The van der Waals surface area contributed by atoms with Crippen molar-refractivity contribution in [3.05, 3.63) is 22.8 Å². The summed E-state index contributed by atoms with van der Waals surface area (Å²) in [4.78, 5) is 9.85. The number of rotatable bonds is 4. The van der Waals surface area contributed by atoms with Crippen LogP contribution in [0.1, 0.15) is 79.7 Å². The second-order valence-corrected chi connectivity index (χ2v) is 6.82. The predicted octanol–water partition coefficient (Wildman–Crippen LogP) is 3.23. The van der Waals surface area contributed by atoms with Crippen molar-refractivity contribution in [2.45, 2.75) is 70.1 Å². The maximum Gasteiger partial charge on any atom is 0.157 e. The molecule has 4 heteroatoms. The fourth-order valence-corrected chi connectivity index (χ4v) is 3.98. The van der Waals surface area contributed by atoms with Crippen LogP contribution in [0, 0.1) is 5.92 Å². The largest absolute Gasteiger partial charge is 0.373 e. The van der Waals surface area contributed by atoms with E-state index < -0.39 is 0 Å². The summed E-state index contributed by atoms with van der Waals surface area (Å²) in [5.74, 6) is 2.24.